The number of ether oxygens (including phenoxy) is 1. The molecule has 7 nitrogen and oxygen atoms in total. The van der Waals surface area contributed by atoms with Crippen LogP contribution in [-0.4, -0.2) is 31.8 Å². The molecule has 0 spiro atoms. The highest BCUT2D eigenvalue weighted by atomic mass is 16.5. The highest BCUT2D eigenvalue weighted by molar-refractivity contribution is 6.05. The van der Waals surface area contributed by atoms with Crippen LogP contribution in [0.4, 0.5) is 5.95 Å². The average Bonchev–Trinajstić information content (AvgIpc) is 3.02. The zero-order valence-corrected chi connectivity index (χ0v) is 14.1. The lowest BCUT2D eigenvalue weighted by Crippen LogP contribution is -2.16. The van der Waals surface area contributed by atoms with Crippen molar-refractivity contribution in [2.75, 3.05) is 5.32 Å². The molecule has 0 saturated heterocycles. The van der Waals surface area contributed by atoms with Gasteiger partial charge in [0.2, 0.25) is 5.95 Å². The third-order valence-corrected chi connectivity index (χ3v) is 3.31. The van der Waals surface area contributed by atoms with Crippen molar-refractivity contribution in [1.29, 1.82) is 0 Å². The smallest absolute Gasteiger partial charge is 0.261 e. The molecule has 0 fully saturated rings. The van der Waals surface area contributed by atoms with Gasteiger partial charge in [-0.2, -0.15) is 0 Å². The lowest BCUT2D eigenvalue weighted by atomic mass is 10.2. The van der Waals surface area contributed by atoms with E-state index in [1.165, 1.54) is 0 Å². The van der Waals surface area contributed by atoms with Crippen LogP contribution in [0.3, 0.4) is 0 Å². The maximum Gasteiger partial charge on any atom is 0.261 e. The molecule has 0 atom stereocenters. The van der Waals surface area contributed by atoms with E-state index in [1.807, 2.05) is 38.1 Å². The van der Waals surface area contributed by atoms with Gasteiger partial charge in [0.1, 0.15) is 12.1 Å². The fraction of sp³-hybridized carbons (Fsp3) is 0.222. The Labute approximate surface area is 145 Å². The van der Waals surface area contributed by atoms with Gasteiger partial charge < -0.3 is 4.74 Å². The Morgan fingerprint density at radius 3 is 2.72 bits per heavy atom. The number of nitrogens with zero attached hydrogens (tertiary/aromatic N) is 4. The molecule has 0 radical (unpaired) electrons. The van der Waals surface area contributed by atoms with E-state index in [2.05, 4.69) is 20.4 Å². The van der Waals surface area contributed by atoms with Crippen molar-refractivity contribution in [3.63, 3.8) is 0 Å². The van der Waals surface area contributed by atoms with E-state index in [0.717, 1.165) is 5.69 Å². The summed E-state index contributed by atoms with van der Waals surface area (Å²) in [5, 5.41) is 6.95. The van der Waals surface area contributed by atoms with Gasteiger partial charge in [-0.15, -0.1) is 5.10 Å². The molecule has 1 amide bonds. The number of anilines is 1. The molecule has 0 unspecified atom stereocenters. The first kappa shape index (κ1) is 16.6. The molecule has 25 heavy (non-hydrogen) atoms. The molecule has 7 heteroatoms. The molecule has 2 aromatic heterocycles. The maximum absolute atomic E-state index is 12.5. The summed E-state index contributed by atoms with van der Waals surface area (Å²) >= 11 is 0. The second kappa shape index (κ2) is 7.57. The Bertz CT molecular complexity index is 845. The fourth-order valence-corrected chi connectivity index (χ4v) is 2.27. The average molecular weight is 337 g/mol. The first-order chi connectivity index (χ1) is 12.1. The minimum Gasteiger partial charge on any atom is -0.490 e. The largest absolute Gasteiger partial charge is 0.490 e. The number of hydrogen-bond donors (Lipinski definition) is 1. The Morgan fingerprint density at radius 2 is 1.96 bits per heavy atom. The number of para-hydroxylation sites is 1. The van der Waals surface area contributed by atoms with Crippen LogP contribution < -0.4 is 10.1 Å². The predicted molar refractivity (Wildman–Crippen MR) is 93.5 cm³/mol. The summed E-state index contributed by atoms with van der Waals surface area (Å²) in [6, 6.07) is 12.8. The number of hydrogen-bond acceptors (Lipinski definition) is 5. The summed E-state index contributed by atoms with van der Waals surface area (Å²) < 4.78 is 7.29. The van der Waals surface area contributed by atoms with Crippen LogP contribution in [0.25, 0.3) is 0 Å². The zero-order valence-electron chi connectivity index (χ0n) is 14.1. The number of amides is 1. The topological polar surface area (TPSA) is 81.9 Å². The van der Waals surface area contributed by atoms with E-state index in [-0.39, 0.29) is 18.0 Å². The summed E-state index contributed by atoms with van der Waals surface area (Å²) in [4.78, 5) is 20.8. The maximum atomic E-state index is 12.5. The van der Waals surface area contributed by atoms with Crippen LogP contribution >= 0.6 is 0 Å². The highest BCUT2D eigenvalue weighted by Crippen LogP contribution is 2.20. The van der Waals surface area contributed by atoms with Gasteiger partial charge in [-0.1, -0.05) is 18.2 Å². The van der Waals surface area contributed by atoms with Gasteiger partial charge in [0.25, 0.3) is 5.91 Å². The van der Waals surface area contributed by atoms with E-state index in [0.29, 0.717) is 17.9 Å². The van der Waals surface area contributed by atoms with E-state index < -0.39 is 0 Å². The third-order valence-electron chi connectivity index (χ3n) is 3.31. The van der Waals surface area contributed by atoms with E-state index >= 15 is 0 Å². The Kier molecular flexibility index (Phi) is 5.03. The summed E-state index contributed by atoms with van der Waals surface area (Å²) in [7, 11) is 0. The van der Waals surface area contributed by atoms with Crippen LogP contribution in [-0.2, 0) is 6.54 Å². The lowest BCUT2D eigenvalue weighted by Gasteiger charge is -2.13. The van der Waals surface area contributed by atoms with Gasteiger partial charge in [-0.05, 0) is 38.1 Å². The summed E-state index contributed by atoms with van der Waals surface area (Å²) in [5.41, 5.74) is 1.30. The molecule has 2 heterocycles. The van der Waals surface area contributed by atoms with Crippen LogP contribution in [0.5, 0.6) is 5.75 Å². The van der Waals surface area contributed by atoms with Crippen LogP contribution in [0.2, 0.25) is 0 Å². The molecule has 3 rings (SSSR count). The molecule has 1 aromatic carbocycles. The Balaban J connectivity index is 1.70. The van der Waals surface area contributed by atoms with Crippen molar-refractivity contribution < 1.29 is 9.53 Å². The normalized spacial score (nSPS) is 10.7. The van der Waals surface area contributed by atoms with Crippen molar-refractivity contribution in [2.45, 2.75) is 26.5 Å². The molecule has 0 aliphatic rings. The number of carbonyl (C=O) groups is 1. The molecule has 0 bridgehead atoms. The SMILES string of the molecule is CC(C)Oc1ccccc1C(=O)Nc1ncn(Cc2ccccn2)n1. The summed E-state index contributed by atoms with van der Waals surface area (Å²) in [5.74, 6) is 0.454. The number of benzene rings is 1. The van der Waals surface area contributed by atoms with Crippen LogP contribution in [0, 0.1) is 0 Å². The Hall–Kier alpha value is -3.22. The van der Waals surface area contributed by atoms with Gasteiger partial charge in [0.15, 0.2) is 0 Å². The third kappa shape index (κ3) is 4.41. The number of aromatic nitrogens is 4. The number of nitrogens with one attached hydrogen (secondary N) is 1. The van der Waals surface area contributed by atoms with Crippen molar-refractivity contribution in [2.24, 2.45) is 0 Å². The highest BCUT2D eigenvalue weighted by Gasteiger charge is 2.15. The number of rotatable bonds is 6. The van der Waals surface area contributed by atoms with Crippen molar-refractivity contribution in [1.82, 2.24) is 19.7 Å². The number of carbonyl (C=O) groups excluding carboxylic acids is 1. The molecule has 0 saturated carbocycles. The monoisotopic (exact) mass is 337 g/mol. The fourth-order valence-electron chi connectivity index (χ4n) is 2.27. The predicted octanol–water partition coefficient (Wildman–Crippen LogP) is 2.76. The molecular weight excluding hydrogens is 318 g/mol. The first-order valence-corrected chi connectivity index (χ1v) is 7.98. The first-order valence-electron chi connectivity index (χ1n) is 7.98. The number of pyridine rings is 1. The van der Waals surface area contributed by atoms with E-state index in [4.69, 9.17) is 4.74 Å². The zero-order chi connectivity index (χ0) is 17.6. The Morgan fingerprint density at radius 1 is 1.16 bits per heavy atom. The van der Waals surface area contributed by atoms with Gasteiger partial charge in [-0.25, -0.2) is 9.67 Å². The molecule has 0 aliphatic heterocycles. The quantitative estimate of drug-likeness (QED) is 0.748. The van der Waals surface area contributed by atoms with Crippen LogP contribution in [0.1, 0.15) is 29.9 Å². The molecule has 1 N–H and O–H groups in total. The van der Waals surface area contributed by atoms with Gasteiger partial charge in [0.05, 0.1) is 23.9 Å². The second-order valence-corrected chi connectivity index (χ2v) is 5.70. The standard InChI is InChI=1S/C18H19N5O2/c1-13(2)25-16-9-4-3-8-15(16)17(24)21-18-20-12-23(22-18)11-14-7-5-6-10-19-14/h3-10,12-13H,11H2,1-2H3,(H,21,22,24). The molecule has 128 valence electrons. The van der Waals surface area contributed by atoms with Crippen molar-refractivity contribution in [3.8, 4) is 5.75 Å². The summed E-state index contributed by atoms with van der Waals surface area (Å²) in [6.07, 6.45) is 3.26. The summed E-state index contributed by atoms with van der Waals surface area (Å²) in [6.45, 7) is 4.31. The van der Waals surface area contributed by atoms with Crippen molar-refractivity contribution in [3.05, 3.63) is 66.2 Å². The molecule has 0 aliphatic carbocycles. The van der Waals surface area contributed by atoms with Crippen LogP contribution in [0.15, 0.2) is 55.0 Å². The molecular formula is C18H19N5O2. The minimum atomic E-state index is -0.313. The second-order valence-electron chi connectivity index (χ2n) is 5.70. The van der Waals surface area contributed by atoms with Gasteiger partial charge in [0, 0.05) is 6.20 Å². The van der Waals surface area contributed by atoms with Gasteiger partial charge in [-0.3, -0.25) is 15.1 Å². The molecule has 3 aromatic rings. The lowest BCUT2D eigenvalue weighted by molar-refractivity contribution is 0.102. The minimum absolute atomic E-state index is 0.0235. The van der Waals surface area contributed by atoms with Crippen molar-refractivity contribution >= 4 is 11.9 Å². The van der Waals surface area contributed by atoms with E-state index in [1.54, 1.807) is 35.4 Å². The van der Waals surface area contributed by atoms with E-state index in [9.17, 15) is 4.79 Å². The van der Waals surface area contributed by atoms with Gasteiger partial charge >= 0.3 is 0 Å².